The molecule has 5 rings (SSSR count). The molecular weight excluding hydrogens is 428 g/mol. The van der Waals surface area contributed by atoms with Crippen LogP contribution >= 0.6 is 0 Å². The summed E-state index contributed by atoms with van der Waals surface area (Å²) < 4.78 is 6.26. The molecule has 2 heteroatoms. The molecule has 3 aromatic rings. The maximum atomic E-state index is 6.26. The van der Waals surface area contributed by atoms with E-state index in [-0.39, 0.29) is 5.41 Å². The molecule has 0 radical (unpaired) electrons. The molecule has 174 valence electrons. The lowest BCUT2D eigenvalue weighted by atomic mass is 9.87. The molecule has 1 heterocycles. The average molecular weight is 465 g/mol. The number of hydrogen-bond acceptors (Lipinski definition) is 1. The Morgan fingerprint density at radius 2 is 1.56 bits per heavy atom. The molecule has 2 aliphatic rings. The van der Waals surface area contributed by atoms with Gasteiger partial charge in [-0.15, -0.1) is 0 Å². The van der Waals surface area contributed by atoms with E-state index in [0.29, 0.717) is 11.1 Å². The van der Waals surface area contributed by atoms with E-state index in [4.69, 9.17) is 4.42 Å². The van der Waals surface area contributed by atoms with Gasteiger partial charge in [0.15, 0.2) is 0 Å². The summed E-state index contributed by atoms with van der Waals surface area (Å²) in [6, 6.07) is 21.9. The van der Waals surface area contributed by atoms with E-state index in [9.17, 15) is 0 Å². The van der Waals surface area contributed by atoms with Crippen LogP contribution in [0.2, 0.25) is 18.6 Å². The van der Waals surface area contributed by atoms with Gasteiger partial charge < -0.3 is 4.42 Å². The third-order valence-corrected chi connectivity index (χ3v) is 12.1. The molecule has 0 bridgehead atoms. The third-order valence-electron chi connectivity index (χ3n) is 7.80. The van der Waals surface area contributed by atoms with Crippen LogP contribution in [-0.4, -0.2) is 8.07 Å². The van der Waals surface area contributed by atoms with E-state index in [0.717, 1.165) is 11.5 Å². The maximum absolute atomic E-state index is 6.26. The lowest BCUT2D eigenvalue weighted by Gasteiger charge is -2.38. The van der Waals surface area contributed by atoms with Gasteiger partial charge in [0.05, 0.1) is 8.07 Å². The second-order valence-electron chi connectivity index (χ2n) is 11.7. The van der Waals surface area contributed by atoms with Crippen molar-refractivity contribution in [2.75, 3.05) is 0 Å². The molecule has 0 amide bonds. The number of benzene rings is 2. The van der Waals surface area contributed by atoms with E-state index >= 15 is 0 Å². The highest BCUT2D eigenvalue weighted by molar-refractivity contribution is 6.83. The molecule has 1 nitrogen and oxygen atoms in total. The summed E-state index contributed by atoms with van der Waals surface area (Å²) >= 11 is 0. The first kappa shape index (κ1) is 22.9. The summed E-state index contributed by atoms with van der Waals surface area (Å²) in [5, 5.41) is 0. The zero-order valence-electron chi connectivity index (χ0n) is 21.6. The van der Waals surface area contributed by atoms with Crippen LogP contribution in [0.15, 0.2) is 88.4 Å². The van der Waals surface area contributed by atoms with Gasteiger partial charge in [0, 0.05) is 11.1 Å². The Bertz CT molecular complexity index is 1320. The van der Waals surface area contributed by atoms with Crippen molar-refractivity contribution in [3.63, 3.8) is 0 Å². The van der Waals surface area contributed by atoms with Gasteiger partial charge >= 0.3 is 0 Å². The molecule has 0 aliphatic heterocycles. The van der Waals surface area contributed by atoms with E-state index in [1.165, 1.54) is 39.0 Å². The van der Waals surface area contributed by atoms with Crippen molar-refractivity contribution in [3.8, 4) is 11.1 Å². The first-order valence-electron chi connectivity index (χ1n) is 12.4. The molecule has 2 aromatic carbocycles. The molecule has 0 N–H and O–H groups in total. The van der Waals surface area contributed by atoms with Crippen molar-refractivity contribution in [2.45, 2.75) is 58.8 Å². The smallest absolute Gasteiger partial charge is 0.130 e. The Kier molecular flexibility index (Phi) is 5.48. The van der Waals surface area contributed by atoms with E-state index < -0.39 is 8.07 Å². The second-order valence-corrected chi connectivity index (χ2v) is 16.5. The number of rotatable bonds is 4. The number of hydrogen-bond donors (Lipinski definition) is 0. The zero-order valence-corrected chi connectivity index (χ0v) is 22.6. The zero-order chi connectivity index (χ0) is 24.3. The van der Waals surface area contributed by atoms with Crippen molar-refractivity contribution < 1.29 is 4.42 Å². The lowest BCUT2D eigenvalue weighted by Crippen LogP contribution is -2.39. The summed E-state index contributed by atoms with van der Waals surface area (Å²) in [4.78, 5) is 0. The van der Waals surface area contributed by atoms with Gasteiger partial charge in [-0.05, 0) is 70.8 Å². The monoisotopic (exact) mass is 464 g/mol. The Hall–Kier alpha value is -2.84. The quantitative estimate of drug-likeness (QED) is 0.350. The van der Waals surface area contributed by atoms with Crippen molar-refractivity contribution in [1.29, 1.82) is 0 Å². The summed E-state index contributed by atoms with van der Waals surface area (Å²) in [7, 11) is -1.91. The molecule has 34 heavy (non-hydrogen) atoms. The molecule has 0 saturated heterocycles. The first-order valence-corrected chi connectivity index (χ1v) is 15.6. The minimum atomic E-state index is -1.91. The molecule has 0 spiro atoms. The van der Waals surface area contributed by atoms with Crippen molar-refractivity contribution in [3.05, 3.63) is 107 Å². The van der Waals surface area contributed by atoms with Gasteiger partial charge in [0.25, 0.3) is 0 Å². The maximum Gasteiger partial charge on any atom is 0.130 e. The van der Waals surface area contributed by atoms with Crippen LogP contribution in [0.25, 0.3) is 22.8 Å². The van der Waals surface area contributed by atoms with Crippen molar-refractivity contribution in [1.82, 2.24) is 0 Å². The Morgan fingerprint density at radius 3 is 2.18 bits per heavy atom. The van der Waals surface area contributed by atoms with Crippen LogP contribution in [-0.2, 0) is 0 Å². The Labute approximate surface area is 205 Å². The van der Waals surface area contributed by atoms with Gasteiger partial charge in [0.2, 0.25) is 0 Å². The highest BCUT2D eigenvalue weighted by atomic mass is 28.3. The molecule has 2 aliphatic carbocycles. The predicted octanol–water partition coefficient (Wildman–Crippen LogP) is 9.44. The fraction of sp³-hybridized carbons (Fsp3) is 0.312. The number of allylic oxidation sites excluding steroid dienone is 5. The minimum Gasteiger partial charge on any atom is -0.462 e. The lowest BCUT2D eigenvalue weighted by molar-refractivity contribution is 0.517. The summed E-state index contributed by atoms with van der Waals surface area (Å²) in [6.45, 7) is 16.5. The van der Waals surface area contributed by atoms with Gasteiger partial charge in [0.1, 0.15) is 11.5 Å². The average Bonchev–Trinajstić information content (AvgIpc) is 3.50. The highest BCUT2D eigenvalue weighted by Crippen LogP contribution is 2.55. The SMILES string of the molecule is CC1=CC(C(C)(C)C)=CC1[Si](C)(C)C1C(c2ccc(C)o2)=Cc2c(-c3ccccc3)cccc21. The fourth-order valence-corrected chi connectivity index (χ4v) is 10.3. The minimum absolute atomic E-state index is 0.172. The van der Waals surface area contributed by atoms with Gasteiger partial charge in [-0.1, -0.05) is 100 Å². The fourth-order valence-electron chi connectivity index (χ4n) is 6.02. The molecular formula is C32H36OSi. The summed E-state index contributed by atoms with van der Waals surface area (Å²) in [6.07, 6.45) is 7.47. The Balaban J connectivity index is 1.69. The summed E-state index contributed by atoms with van der Waals surface area (Å²) in [5.41, 5.74) is 10.8. The van der Waals surface area contributed by atoms with Crippen LogP contribution in [0, 0.1) is 12.3 Å². The molecule has 0 fully saturated rings. The van der Waals surface area contributed by atoms with Crippen LogP contribution in [0.4, 0.5) is 0 Å². The normalized spacial score (nSPS) is 20.1. The van der Waals surface area contributed by atoms with Crippen LogP contribution in [0.5, 0.6) is 0 Å². The molecule has 2 atom stereocenters. The number of furan rings is 1. The number of aryl methyl sites for hydroxylation is 1. The highest BCUT2D eigenvalue weighted by Gasteiger charge is 2.47. The largest absolute Gasteiger partial charge is 0.462 e. The van der Waals surface area contributed by atoms with Crippen LogP contribution in [0.3, 0.4) is 0 Å². The van der Waals surface area contributed by atoms with E-state index in [1.54, 1.807) is 0 Å². The molecule has 2 unspecified atom stereocenters. The standard InChI is InChI=1S/C32H36OSi/c1-21-18-24(32(3,4)5)19-30(21)34(6,7)31-26-15-11-14-25(23-12-9-8-10-13-23)27(26)20-28(31)29-17-16-22(2)33-29/h8-20,30-31H,1-7H3. The predicted molar refractivity (Wildman–Crippen MR) is 148 cm³/mol. The molecule has 1 aromatic heterocycles. The second kappa shape index (κ2) is 8.13. The van der Waals surface area contributed by atoms with Crippen LogP contribution < -0.4 is 0 Å². The molecule has 0 saturated carbocycles. The number of fused-ring (bicyclic) bond motifs is 1. The van der Waals surface area contributed by atoms with Gasteiger partial charge in [-0.2, -0.15) is 0 Å². The topological polar surface area (TPSA) is 13.1 Å². The van der Waals surface area contributed by atoms with Crippen molar-refractivity contribution in [2.24, 2.45) is 5.41 Å². The van der Waals surface area contributed by atoms with E-state index in [2.05, 4.69) is 120 Å². The van der Waals surface area contributed by atoms with E-state index in [1.807, 2.05) is 6.92 Å². The van der Waals surface area contributed by atoms with Crippen molar-refractivity contribution >= 4 is 19.7 Å². The van der Waals surface area contributed by atoms with Gasteiger partial charge in [-0.25, -0.2) is 0 Å². The first-order chi connectivity index (χ1) is 16.1. The Morgan fingerprint density at radius 1 is 0.824 bits per heavy atom. The van der Waals surface area contributed by atoms with Crippen LogP contribution in [0.1, 0.15) is 55.9 Å². The summed E-state index contributed by atoms with van der Waals surface area (Å²) in [5.74, 6) is 2.00. The van der Waals surface area contributed by atoms with Gasteiger partial charge in [-0.3, -0.25) is 0 Å². The third kappa shape index (κ3) is 3.78.